The second-order valence-corrected chi connectivity index (χ2v) is 6.25. The van der Waals surface area contributed by atoms with Gasteiger partial charge in [-0.1, -0.05) is 42.5 Å². The van der Waals surface area contributed by atoms with Crippen molar-refractivity contribution in [2.45, 2.75) is 32.0 Å². The summed E-state index contributed by atoms with van der Waals surface area (Å²) >= 11 is 0. The Balaban J connectivity index is 1.55. The first-order valence-electron chi connectivity index (χ1n) is 8.33. The van der Waals surface area contributed by atoms with Crippen LogP contribution >= 0.6 is 0 Å². The van der Waals surface area contributed by atoms with Crippen molar-refractivity contribution in [1.29, 1.82) is 0 Å². The van der Waals surface area contributed by atoms with Gasteiger partial charge in [-0.3, -0.25) is 4.79 Å². The molecule has 1 aliphatic rings. The van der Waals surface area contributed by atoms with Gasteiger partial charge in [-0.25, -0.2) is 0 Å². The van der Waals surface area contributed by atoms with E-state index in [4.69, 9.17) is 4.74 Å². The van der Waals surface area contributed by atoms with Crippen LogP contribution in [0.25, 0.3) is 10.9 Å². The summed E-state index contributed by atoms with van der Waals surface area (Å²) in [7, 11) is 0. The molecule has 1 heterocycles. The lowest BCUT2D eigenvalue weighted by Gasteiger charge is -2.11. The minimum atomic E-state index is 0.0628. The lowest BCUT2D eigenvalue weighted by molar-refractivity contribution is -0.121. The molecule has 0 spiro atoms. The van der Waals surface area contributed by atoms with Gasteiger partial charge in [-0.05, 0) is 30.5 Å². The molecule has 1 fully saturated rings. The van der Waals surface area contributed by atoms with Gasteiger partial charge in [0.25, 0.3) is 0 Å². The van der Waals surface area contributed by atoms with Crippen LogP contribution in [0.3, 0.4) is 0 Å². The lowest BCUT2D eigenvalue weighted by Crippen LogP contribution is -2.29. The molecule has 1 amide bonds. The Morgan fingerprint density at radius 1 is 1.08 bits per heavy atom. The summed E-state index contributed by atoms with van der Waals surface area (Å²) in [4.78, 5) is 12.1. The molecule has 1 N–H and O–H groups in total. The zero-order valence-electron chi connectivity index (χ0n) is 13.4. The number of benzene rings is 2. The van der Waals surface area contributed by atoms with Crippen molar-refractivity contribution >= 4 is 16.8 Å². The summed E-state index contributed by atoms with van der Waals surface area (Å²) in [6.45, 7) is 0.838. The molecule has 24 heavy (non-hydrogen) atoms. The van der Waals surface area contributed by atoms with Crippen LogP contribution in [-0.4, -0.2) is 16.5 Å². The van der Waals surface area contributed by atoms with Crippen molar-refractivity contribution < 1.29 is 9.53 Å². The summed E-state index contributed by atoms with van der Waals surface area (Å²) in [5.74, 6) is 0.869. The van der Waals surface area contributed by atoms with Gasteiger partial charge in [-0.15, -0.1) is 0 Å². The van der Waals surface area contributed by atoms with Gasteiger partial charge in [0.2, 0.25) is 5.91 Å². The highest BCUT2D eigenvalue weighted by Crippen LogP contribution is 2.27. The molecule has 0 atom stereocenters. The first-order valence-corrected chi connectivity index (χ1v) is 8.33. The molecule has 4 nitrogen and oxygen atoms in total. The lowest BCUT2D eigenvalue weighted by atomic mass is 10.2. The van der Waals surface area contributed by atoms with E-state index in [2.05, 4.69) is 5.32 Å². The number of amides is 1. The van der Waals surface area contributed by atoms with Crippen molar-refractivity contribution in [3.8, 4) is 5.75 Å². The van der Waals surface area contributed by atoms with Crippen molar-refractivity contribution in [2.24, 2.45) is 0 Å². The molecule has 0 unspecified atom stereocenters. The Kier molecular flexibility index (Phi) is 3.95. The monoisotopic (exact) mass is 320 g/mol. The highest BCUT2D eigenvalue weighted by atomic mass is 16.5. The zero-order chi connectivity index (χ0) is 16.4. The van der Waals surface area contributed by atoms with Crippen LogP contribution in [0, 0.1) is 0 Å². The van der Waals surface area contributed by atoms with Gasteiger partial charge in [-0.2, -0.15) is 0 Å². The molecule has 0 bridgehead atoms. The van der Waals surface area contributed by atoms with E-state index >= 15 is 0 Å². The van der Waals surface area contributed by atoms with Crippen molar-refractivity contribution in [3.05, 3.63) is 66.4 Å². The number of nitrogens with zero attached hydrogens (tertiary/aromatic N) is 1. The number of hydrogen-bond acceptors (Lipinski definition) is 2. The van der Waals surface area contributed by atoms with E-state index in [0.29, 0.717) is 19.2 Å². The van der Waals surface area contributed by atoms with Crippen molar-refractivity contribution in [3.63, 3.8) is 0 Å². The van der Waals surface area contributed by atoms with Crippen LogP contribution in [-0.2, 0) is 17.9 Å². The van der Waals surface area contributed by atoms with E-state index in [9.17, 15) is 4.79 Å². The number of ether oxygens (including phenoxy) is 1. The molecule has 2 aromatic carbocycles. The van der Waals surface area contributed by atoms with Gasteiger partial charge in [0, 0.05) is 17.6 Å². The minimum absolute atomic E-state index is 0.0628. The summed E-state index contributed by atoms with van der Waals surface area (Å²) in [6, 6.07) is 18.5. The second-order valence-electron chi connectivity index (χ2n) is 6.25. The number of nitrogens with one attached hydrogen (secondary N) is 1. The van der Waals surface area contributed by atoms with Crippen LogP contribution in [0.2, 0.25) is 0 Å². The summed E-state index contributed by atoms with van der Waals surface area (Å²) < 4.78 is 7.99. The van der Waals surface area contributed by atoms with Crippen molar-refractivity contribution in [1.82, 2.24) is 9.88 Å². The molecule has 122 valence electrons. The highest BCUT2D eigenvalue weighted by Gasteiger charge is 2.23. The number of fused-ring (bicyclic) bond motifs is 1. The molecule has 1 aliphatic carbocycles. The normalized spacial score (nSPS) is 13.8. The van der Waals surface area contributed by atoms with Gasteiger partial charge < -0.3 is 14.6 Å². The quantitative estimate of drug-likeness (QED) is 0.755. The SMILES string of the molecule is O=C(Cn1ccc2cccc(OCc3ccccc3)c21)NC1CC1. The first kappa shape index (κ1) is 14.8. The fraction of sp³-hybridized carbons (Fsp3) is 0.250. The first-order chi connectivity index (χ1) is 11.8. The predicted octanol–water partition coefficient (Wildman–Crippen LogP) is 3.50. The van der Waals surface area contributed by atoms with Crippen molar-refractivity contribution in [2.75, 3.05) is 0 Å². The minimum Gasteiger partial charge on any atom is -0.487 e. The van der Waals surface area contributed by atoms with Crippen LogP contribution in [0.5, 0.6) is 5.75 Å². The number of para-hydroxylation sites is 1. The molecule has 0 radical (unpaired) electrons. The van der Waals surface area contributed by atoms with Crippen LogP contribution in [0.1, 0.15) is 18.4 Å². The largest absolute Gasteiger partial charge is 0.487 e. The molecule has 1 saturated carbocycles. The Morgan fingerprint density at radius 2 is 1.92 bits per heavy atom. The molecular weight excluding hydrogens is 300 g/mol. The molecule has 4 heteroatoms. The Labute approximate surface area is 141 Å². The molecule has 1 aromatic heterocycles. The Morgan fingerprint density at radius 3 is 2.71 bits per heavy atom. The molecular formula is C20H20N2O2. The molecule has 4 rings (SSSR count). The van der Waals surface area contributed by atoms with Gasteiger partial charge in [0.05, 0.1) is 5.52 Å². The average Bonchev–Trinajstić information content (AvgIpc) is 3.32. The number of hydrogen-bond donors (Lipinski definition) is 1. The number of carbonyl (C=O) groups is 1. The standard InChI is InChI=1S/C20H20N2O2/c23-19(21-17-9-10-17)13-22-12-11-16-7-4-8-18(20(16)22)24-14-15-5-2-1-3-6-15/h1-8,11-12,17H,9-10,13-14H2,(H,21,23). The van der Waals surface area contributed by atoms with Crippen LogP contribution in [0.15, 0.2) is 60.8 Å². The summed E-state index contributed by atoms with van der Waals surface area (Å²) in [6.07, 6.45) is 4.15. The third kappa shape index (κ3) is 3.27. The summed E-state index contributed by atoms with van der Waals surface area (Å²) in [5, 5.41) is 4.12. The van der Waals surface area contributed by atoms with Crippen LogP contribution in [0.4, 0.5) is 0 Å². The second kappa shape index (κ2) is 6.40. The Hall–Kier alpha value is -2.75. The number of carbonyl (C=O) groups excluding carboxylic acids is 1. The maximum absolute atomic E-state index is 12.1. The fourth-order valence-corrected chi connectivity index (χ4v) is 2.87. The number of aromatic nitrogens is 1. The molecule has 0 aliphatic heterocycles. The van der Waals surface area contributed by atoms with E-state index in [1.165, 1.54) is 0 Å². The maximum atomic E-state index is 12.1. The van der Waals surface area contributed by atoms with E-state index in [0.717, 1.165) is 35.1 Å². The zero-order valence-corrected chi connectivity index (χ0v) is 13.4. The van der Waals surface area contributed by atoms with E-state index in [1.807, 2.05) is 65.4 Å². The number of rotatable bonds is 6. The van der Waals surface area contributed by atoms with E-state index < -0.39 is 0 Å². The maximum Gasteiger partial charge on any atom is 0.240 e. The van der Waals surface area contributed by atoms with Gasteiger partial charge >= 0.3 is 0 Å². The smallest absolute Gasteiger partial charge is 0.240 e. The third-order valence-corrected chi connectivity index (χ3v) is 4.25. The van der Waals surface area contributed by atoms with E-state index in [1.54, 1.807) is 0 Å². The molecule has 0 saturated heterocycles. The average molecular weight is 320 g/mol. The summed E-state index contributed by atoms with van der Waals surface area (Å²) in [5.41, 5.74) is 2.10. The predicted molar refractivity (Wildman–Crippen MR) is 93.9 cm³/mol. The topological polar surface area (TPSA) is 43.3 Å². The van der Waals surface area contributed by atoms with Crippen LogP contribution < -0.4 is 10.1 Å². The highest BCUT2D eigenvalue weighted by molar-refractivity contribution is 5.88. The Bertz CT molecular complexity index is 850. The van der Waals surface area contributed by atoms with E-state index in [-0.39, 0.29) is 5.91 Å². The third-order valence-electron chi connectivity index (χ3n) is 4.25. The van der Waals surface area contributed by atoms with Gasteiger partial charge in [0.1, 0.15) is 18.9 Å². The van der Waals surface area contributed by atoms with Gasteiger partial charge in [0.15, 0.2) is 0 Å². The fourth-order valence-electron chi connectivity index (χ4n) is 2.87. The molecule has 3 aromatic rings.